The number of anilines is 1. The van der Waals surface area contributed by atoms with Crippen molar-refractivity contribution >= 4 is 29.2 Å². The second-order valence-corrected chi connectivity index (χ2v) is 6.08. The van der Waals surface area contributed by atoms with Crippen LogP contribution in [-0.2, 0) is 7.05 Å². The van der Waals surface area contributed by atoms with Crippen molar-refractivity contribution in [2.45, 2.75) is 19.8 Å². The molecule has 0 radical (unpaired) electrons. The molecule has 10 nitrogen and oxygen atoms in total. The van der Waals surface area contributed by atoms with E-state index in [0.717, 1.165) is 17.5 Å². The standard InChI is InChI=1S/C17H20ClN5O5/c1-4-5-6-28-16-13(23(25)26)7-11(8-14(16)27-3)9-19-21-12-10-20-22(2)17(24)15(12)18/h7-10,21H,4-6H2,1-3H3/b19-9-. The van der Waals surface area contributed by atoms with E-state index in [0.29, 0.717) is 12.2 Å². The van der Waals surface area contributed by atoms with Gasteiger partial charge in [0.15, 0.2) is 5.75 Å². The van der Waals surface area contributed by atoms with Crippen molar-refractivity contribution in [3.8, 4) is 11.5 Å². The summed E-state index contributed by atoms with van der Waals surface area (Å²) in [5, 5.41) is 19.2. The first-order valence-electron chi connectivity index (χ1n) is 8.39. The van der Waals surface area contributed by atoms with Crippen LogP contribution in [0.2, 0.25) is 5.02 Å². The van der Waals surface area contributed by atoms with E-state index in [1.54, 1.807) is 6.07 Å². The van der Waals surface area contributed by atoms with Gasteiger partial charge in [0, 0.05) is 18.7 Å². The van der Waals surface area contributed by atoms with Crippen LogP contribution >= 0.6 is 11.6 Å². The Balaban J connectivity index is 2.29. The molecule has 1 aromatic heterocycles. The van der Waals surface area contributed by atoms with Crippen molar-refractivity contribution in [1.82, 2.24) is 9.78 Å². The predicted molar refractivity (Wildman–Crippen MR) is 106 cm³/mol. The number of hydrogen-bond acceptors (Lipinski definition) is 8. The van der Waals surface area contributed by atoms with Crippen LogP contribution in [0.5, 0.6) is 11.5 Å². The van der Waals surface area contributed by atoms with Gasteiger partial charge in [-0.2, -0.15) is 10.2 Å². The molecule has 0 spiro atoms. The average Bonchev–Trinajstić information content (AvgIpc) is 2.68. The number of hydrazone groups is 1. The SMILES string of the molecule is CCCCOc1c(OC)cc(/C=N\Nc2cnn(C)c(=O)c2Cl)cc1[N+](=O)[O-]. The molecule has 0 aliphatic rings. The Labute approximate surface area is 165 Å². The molecule has 0 aliphatic heterocycles. The maximum absolute atomic E-state index is 11.7. The fourth-order valence-electron chi connectivity index (χ4n) is 2.20. The minimum Gasteiger partial charge on any atom is -0.493 e. The molecule has 0 aliphatic carbocycles. The number of nitrogens with one attached hydrogen (secondary N) is 1. The number of rotatable bonds is 9. The minimum atomic E-state index is -0.545. The lowest BCUT2D eigenvalue weighted by Crippen LogP contribution is -2.20. The normalized spacial score (nSPS) is 10.9. The van der Waals surface area contributed by atoms with Crippen LogP contribution in [-0.4, -0.2) is 34.6 Å². The third-order valence-electron chi connectivity index (χ3n) is 3.70. The first-order chi connectivity index (χ1) is 13.4. The second-order valence-electron chi connectivity index (χ2n) is 5.70. The zero-order valence-corrected chi connectivity index (χ0v) is 16.4. The van der Waals surface area contributed by atoms with E-state index >= 15 is 0 Å². The van der Waals surface area contributed by atoms with Gasteiger partial charge in [-0.1, -0.05) is 24.9 Å². The molecule has 0 fully saturated rings. The quantitative estimate of drug-likeness (QED) is 0.292. The van der Waals surface area contributed by atoms with Crippen molar-refractivity contribution in [3.63, 3.8) is 0 Å². The van der Waals surface area contributed by atoms with Crippen LogP contribution in [0.1, 0.15) is 25.3 Å². The van der Waals surface area contributed by atoms with Crippen LogP contribution in [0.4, 0.5) is 11.4 Å². The van der Waals surface area contributed by atoms with Gasteiger partial charge in [0.1, 0.15) is 10.7 Å². The van der Waals surface area contributed by atoms with Gasteiger partial charge in [0.25, 0.3) is 5.56 Å². The molecule has 0 amide bonds. The number of nitro benzene ring substituents is 1. The highest BCUT2D eigenvalue weighted by Gasteiger charge is 2.22. The van der Waals surface area contributed by atoms with Gasteiger partial charge < -0.3 is 9.47 Å². The third kappa shape index (κ3) is 4.97. The number of hydrogen-bond donors (Lipinski definition) is 1. The highest BCUT2D eigenvalue weighted by Crippen LogP contribution is 2.38. The van der Waals surface area contributed by atoms with E-state index in [9.17, 15) is 14.9 Å². The maximum atomic E-state index is 11.7. The molecule has 0 bridgehead atoms. The van der Waals surface area contributed by atoms with Gasteiger partial charge in [0.05, 0.1) is 31.1 Å². The van der Waals surface area contributed by atoms with E-state index in [2.05, 4.69) is 15.6 Å². The Bertz CT molecular complexity index is 944. The molecule has 150 valence electrons. The molecular formula is C17H20ClN5O5. The summed E-state index contributed by atoms with van der Waals surface area (Å²) in [5.74, 6) is 0.296. The zero-order valence-electron chi connectivity index (χ0n) is 15.6. The van der Waals surface area contributed by atoms with Gasteiger partial charge >= 0.3 is 5.69 Å². The highest BCUT2D eigenvalue weighted by molar-refractivity contribution is 6.32. The minimum absolute atomic E-state index is 0.0714. The van der Waals surface area contributed by atoms with Gasteiger partial charge in [-0.25, -0.2) is 4.68 Å². The van der Waals surface area contributed by atoms with Gasteiger partial charge in [0.2, 0.25) is 5.75 Å². The Morgan fingerprint density at radius 2 is 2.21 bits per heavy atom. The molecule has 0 saturated carbocycles. The topological polar surface area (TPSA) is 121 Å². The number of benzene rings is 1. The Hall–Kier alpha value is -3.14. The van der Waals surface area contributed by atoms with Crippen molar-refractivity contribution in [1.29, 1.82) is 0 Å². The molecule has 1 heterocycles. The van der Waals surface area contributed by atoms with Crippen molar-refractivity contribution in [2.75, 3.05) is 19.1 Å². The smallest absolute Gasteiger partial charge is 0.315 e. The van der Waals surface area contributed by atoms with E-state index < -0.39 is 10.5 Å². The van der Waals surface area contributed by atoms with Gasteiger partial charge in [-0.05, 0) is 12.5 Å². The molecule has 0 saturated heterocycles. The number of nitro groups is 1. The summed E-state index contributed by atoms with van der Waals surface area (Å²) in [6, 6.07) is 2.88. The van der Waals surface area contributed by atoms with Crippen LogP contribution < -0.4 is 20.5 Å². The number of aromatic nitrogens is 2. The predicted octanol–water partition coefficient (Wildman–Crippen LogP) is 2.98. The first kappa shape index (κ1) is 21.2. The molecule has 1 N–H and O–H groups in total. The number of methoxy groups -OCH3 is 1. The monoisotopic (exact) mass is 409 g/mol. The van der Waals surface area contributed by atoms with Crippen molar-refractivity contribution < 1.29 is 14.4 Å². The number of unbranched alkanes of at least 4 members (excludes halogenated alkanes) is 1. The third-order valence-corrected chi connectivity index (χ3v) is 4.06. The number of nitrogens with zero attached hydrogens (tertiary/aromatic N) is 4. The molecule has 0 unspecified atom stereocenters. The summed E-state index contributed by atoms with van der Waals surface area (Å²) >= 11 is 5.94. The van der Waals surface area contributed by atoms with E-state index in [-0.39, 0.29) is 27.9 Å². The number of ether oxygens (including phenoxy) is 2. The van der Waals surface area contributed by atoms with Crippen molar-refractivity contribution in [3.05, 3.63) is 49.4 Å². The summed E-state index contributed by atoms with van der Waals surface area (Å²) in [4.78, 5) is 22.6. The Morgan fingerprint density at radius 3 is 2.86 bits per heavy atom. The van der Waals surface area contributed by atoms with Crippen LogP contribution in [0, 0.1) is 10.1 Å². The lowest BCUT2D eigenvalue weighted by atomic mass is 10.2. The van der Waals surface area contributed by atoms with Crippen LogP contribution in [0.25, 0.3) is 0 Å². The second kappa shape index (κ2) is 9.70. The Kier molecular flexibility index (Phi) is 7.33. The summed E-state index contributed by atoms with van der Waals surface area (Å²) < 4.78 is 11.9. The highest BCUT2D eigenvalue weighted by atomic mass is 35.5. The summed E-state index contributed by atoms with van der Waals surface area (Å²) in [6.45, 7) is 2.34. The summed E-state index contributed by atoms with van der Waals surface area (Å²) in [7, 11) is 2.87. The average molecular weight is 410 g/mol. The lowest BCUT2D eigenvalue weighted by Gasteiger charge is -2.11. The van der Waals surface area contributed by atoms with E-state index in [1.807, 2.05) is 6.92 Å². The lowest BCUT2D eigenvalue weighted by molar-refractivity contribution is -0.386. The molecule has 11 heteroatoms. The zero-order chi connectivity index (χ0) is 20.7. The van der Waals surface area contributed by atoms with E-state index in [4.69, 9.17) is 21.1 Å². The number of aryl methyl sites for hydroxylation is 1. The number of halogens is 1. The van der Waals surface area contributed by atoms with Crippen LogP contribution in [0.15, 0.2) is 28.2 Å². The van der Waals surface area contributed by atoms with Gasteiger partial charge in [-0.3, -0.25) is 20.3 Å². The van der Waals surface area contributed by atoms with Gasteiger partial charge in [-0.15, -0.1) is 0 Å². The summed E-state index contributed by atoms with van der Waals surface area (Å²) in [5.41, 5.74) is 2.49. The molecule has 2 rings (SSSR count). The maximum Gasteiger partial charge on any atom is 0.315 e. The fourth-order valence-corrected chi connectivity index (χ4v) is 2.41. The fraction of sp³-hybridized carbons (Fsp3) is 0.353. The first-order valence-corrected chi connectivity index (χ1v) is 8.76. The summed E-state index contributed by atoms with van der Waals surface area (Å²) in [6.07, 6.45) is 4.33. The molecule has 1 aromatic carbocycles. The van der Waals surface area contributed by atoms with Crippen LogP contribution in [0.3, 0.4) is 0 Å². The molecule has 2 aromatic rings. The van der Waals surface area contributed by atoms with Crippen molar-refractivity contribution in [2.24, 2.45) is 12.1 Å². The molecule has 0 atom stereocenters. The Morgan fingerprint density at radius 1 is 1.46 bits per heavy atom. The molecule has 28 heavy (non-hydrogen) atoms. The molecular weight excluding hydrogens is 390 g/mol. The van der Waals surface area contributed by atoms with E-state index in [1.165, 1.54) is 32.6 Å². The largest absolute Gasteiger partial charge is 0.493 e.